The van der Waals surface area contributed by atoms with Gasteiger partial charge in [0.25, 0.3) is 0 Å². The van der Waals surface area contributed by atoms with E-state index in [1.54, 1.807) is 6.20 Å². The molecule has 1 amide bonds. The van der Waals surface area contributed by atoms with Crippen LogP contribution in [0.3, 0.4) is 0 Å². The second kappa shape index (κ2) is 5.56. The lowest BCUT2D eigenvalue weighted by atomic mass is 9.81. The number of carbonyl (C=O) groups excluding carboxylic acids is 3. The lowest BCUT2D eigenvalue weighted by Crippen LogP contribution is -2.43. The Hall–Kier alpha value is -1.98. The van der Waals surface area contributed by atoms with Crippen LogP contribution in [-0.4, -0.2) is 34.0 Å². The van der Waals surface area contributed by atoms with Crippen LogP contribution < -0.4 is 5.32 Å². The van der Waals surface area contributed by atoms with Crippen LogP contribution in [0.1, 0.15) is 32.4 Å². The highest BCUT2D eigenvalue weighted by Gasteiger charge is 2.44. The zero-order valence-corrected chi connectivity index (χ0v) is 11.7. The Balaban J connectivity index is 1.99. The van der Waals surface area contributed by atoms with Crippen molar-refractivity contribution >= 4 is 18.0 Å². The standard InChI is InChI=1S/C14H19N3O3/c1-14(2)5-11(19)4-12(14)13(20)17-10(7-18)3-9-6-15-8-16-9/h6-8,10,12H,3-5H2,1-2H3,(H,15,16)(H,17,20)/t10-,12?/m0/s1. The van der Waals surface area contributed by atoms with Crippen LogP contribution in [0.25, 0.3) is 0 Å². The topological polar surface area (TPSA) is 91.9 Å². The van der Waals surface area contributed by atoms with Crippen molar-refractivity contribution in [3.8, 4) is 0 Å². The van der Waals surface area contributed by atoms with Gasteiger partial charge < -0.3 is 15.1 Å². The fourth-order valence-electron chi connectivity index (χ4n) is 2.70. The third-order valence-corrected chi connectivity index (χ3v) is 3.83. The van der Waals surface area contributed by atoms with Crippen LogP contribution in [0, 0.1) is 11.3 Å². The van der Waals surface area contributed by atoms with Gasteiger partial charge in [-0.05, 0) is 5.41 Å². The Kier molecular flexibility index (Phi) is 4.01. The number of nitrogens with zero attached hydrogens (tertiary/aromatic N) is 1. The van der Waals surface area contributed by atoms with E-state index >= 15 is 0 Å². The first-order chi connectivity index (χ1) is 9.42. The van der Waals surface area contributed by atoms with Gasteiger partial charge in [-0.15, -0.1) is 0 Å². The third-order valence-electron chi connectivity index (χ3n) is 3.83. The second-order valence-electron chi connectivity index (χ2n) is 5.99. The summed E-state index contributed by atoms with van der Waals surface area (Å²) in [5.74, 6) is -0.483. The van der Waals surface area contributed by atoms with E-state index in [0.29, 0.717) is 19.1 Å². The molecule has 1 saturated carbocycles. The summed E-state index contributed by atoms with van der Waals surface area (Å²) in [6.45, 7) is 3.82. The molecule has 0 aromatic carbocycles. The van der Waals surface area contributed by atoms with Gasteiger partial charge in [0.1, 0.15) is 12.1 Å². The molecular weight excluding hydrogens is 258 g/mol. The number of hydrogen-bond donors (Lipinski definition) is 2. The normalized spacial score (nSPS) is 22.5. The second-order valence-corrected chi connectivity index (χ2v) is 5.99. The van der Waals surface area contributed by atoms with Crippen LogP contribution in [0.2, 0.25) is 0 Å². The number of carbonyl (C=O) groups is 3. The zero-order valence-electron chi connectivity index (χ0n) is 11.7. The summed E-state index contributed by atoms with van der Waals surface area (Å²) in [5.41, 5.74) is 0.437. The number of Topliss-reactive ketones (excluding diaryl/α,β-unsaturated/α-hetero) is 1. The van der Waals surface area contributed by atoms with Gasteiger partial charge in [-0.1, -0.05) is 13.8 Å². The maximum atomic E-state index is 12.3. The largest absolute Gasteiger partial charge is 0.348 e. The Bertz CT molecular complexity index is 508. The molecule has 2 rings (SSSR count). The molecule has 6 nitrogen and oxygen atoms in total. The Morgan fingerprint density at radius 1 is 1.65 bits per heavy atom. The number of H-pyrrole nitrogens is 1. The maximum absolute atomic E-state index is 12.3. The number of aromatic amines is 1. The minimum Gasteiger partial charge on any atom is -0.348 e. The number of imidazole rings is 1. The van der Waals surface area contributed by atoms with Crippen molar-refractivity contribution in [2.45, 2.75) is 39.2 Å². The lowest BCUT2D eigenvalue weighted by Gasteiger charge is -2.26. The summed E-state index contributed by atoms with van der Waals surface area (Å²) in [6.07, 6.45) is 4.90. The molecule has 1 heterocycles. The Labute approximate surface area is 117 Å². The molecule has 6 heteroatoms. The number of rotatable bonds is 5. The molecule has 1 aliphatic rings. The highest BCUT2D eigenvalue weighted by atomic mass is 16.2. The molecular formula is C14H19N3O3. The minimum atomic E-state index is -0.602. The van der Waals surface area contributed by atoms with E-state index in [2.05, 4.69) is 15.3 Å². The van der Waals surface area contributed by atoms with Crippen molar-refractivity contribution in [1.29, 1.82) is 0 Å². The summed E-state index contributed by atoms with van der Waals surface area (Å²) in [7, 11) is 0. The number of aldehydes is 1. The van der Waals surface area contributed by atoms with E-state index in [0.717, 1.165) is 5.69 Å². The fourth-order valence-corrected chi connectivity index (χ4v) is 2.70. The van der Waals surface area contributed by atoms with Crippen LogP contribution >= 0.6 is 0 Å². The summed E-state index contributed by atoms with van der Waals surface area (Å²) in [6, 6.07) is -0.602. The summed E-state index contributed by atoms with van der Waals surface area (Å²) >= 11 is 0. The Morgan fingerprint density at radius 3 is 2.90 bits per heavy atom. The first-order valence-corrected chi connectivity index (χ1v) is 6.67. The molecule has 0 radical (unpaired) electrons. The van der Waals surface area contributed by atoms with E-state index in [9.17, 15) is 14.4 Å². The molecule has 1 unspecified atom stereocenters. The molecule has 1 aromatic rings. The monoisotopic (exact) mass is 277 g/mol. The predicted molar refractivity (Wildman–Crippen MR) is 71.8 cm³/mol. The lowest BCUT2D eigenvalue weighted by molar-refractivity contribution is -0.130. The molecule has 1 aliphatic carbocycles. The molecule has 2 atom stereocenters. The molecule has 0 bridgehead atoms. The number of ketones is 1. The zero-order chi connectivity index (χ0) is 14.8. The van der Waals surface area contributed by atoms with Crippen molar-refractivity contribution in [3.05, 3.63) is 18.2 Å². The van der Waals surface area contributed by atoms with E-state index in [4.69, 9.17) is 0 Å². The van der Waals surface area contributed by atoms with Crippen LogP contribution in [0.15, 0.2) is 12.5 Å². The van der Waals surface area contributed by atoms with E-state index in [1.807, 2.05) is 13.8 Å². The first-order valence-electron chi connectivity index (χ1n) is 6.67. The molecule has 108 valence electrons. The molecule has 0 spiro atoms. The van der Waals surface area contributed by atoms with Gasteiger partial charge >= 0.3 is 0 Å². The van der Waals surface area contributed by atoms with Crippen LogP contribution in [0.4, 0.5) is 0 Å². The number of amides is 1. The maximum Gasteiger partial charge on any atom is 0.224 e. The van der Waals surface area contributed by atoms with Crippen molar-refractivity contribution < 1.29 is 14.4 Å². The van der Waals surface area contributed by atoms with Gasteiger partial charge in [0.05, 0.1) is 18.3 Å². The predicted octanol–water partition coefficient (Wildman–Crippen LogP) is 0.641. The molecule has 20 heavy (non-hydrogen) atoms. The van der Waals surface area contributed by atoms with Crippen LogP contribution in [0.5, 0.6) is 0 Å². The third kappa shape index (κ3) is 3.12. The molecule has 0 saturated heterocycles. The van der Waals surface area contributed by atoms with Crippen molar-refractivity contribution in [1.82, 2.24) is 15.3 Å². The molecule has 1 fully saturated rings. The van der Waals surface area contributed by atoms with E-state index in [-0.39, 0.29) is 29.4 Å². The summed E-state index contributed by atoms with van der Waals surface area (Å²) < 4.78 is 0. The van der Waals surface area contributed by atoms with Gasteiger partial charge in [0.2, 0.25) is 5.91 Å². The van der Waals surface area contributed by atoms with E-state index < -0.39 is 6.04 Å². The molecule has 1 aromatic heterocycles. The van der Waals surface area contributed by atoms with E-state index in [1.165, 1.54) is 6.33 Å². The highest BCUT2D eigenvalue weighted by Crippen LogP contribution is 2.40. The fraction of sp³-hybridized carbons (Fsp3) is 0.571. The summed E-state index contributed by atoms with van der Waals surface area (Å²) in [5, 5.41) is 2.72. The van der Waals surface area contributed by atoms with Crippen LogP contribution in [-0.2, 0) is 20.8 Å². The van der Waals surface area contributed by atoms with Gasteiger partial charge in [0.15, 0.2) is 0 Å². The smallest absolute Gasteiger partial charge is 0.224 e. The van der Waals surface area contributed by atoms with Crippen molar-refractivity contribution in [2.75, 3.05) is 0 Å². The average molecular weight is 277 g/mol. The Morgan fingerprint density at radius 2 is 2.40 bits per heavy atom. The van der Waals surface area contributed by atoms with Gasteiger partial charge in [-0.2, -0.15) is 0 Å². The van der Waals surface area contributed by atoms with Crippen molar-refractivity contribution in [2.24, 2.45) is 11.3 Å². The number of hydrogen-bond acceptors (Lipinski definition) is 4. The quantitative estimate of drug-likeness (QED) is 0.773. The summed E-state index contributed by atoms with van der Waals surface area (Å²) in [4.78, 5) is 41.6. The van der Waals surface area contributed by atoms with Gasteiger partial charge in [0, 0.05) is 31.2 Å². The first kappa shape index (κ1) is 14.4. The van der Waals surface area contributed by atoms with Gasteiger partial charge in [-0.3, -0.25) is 9.59 Å². The average Bonchev–Trinajstić information content (AvgIpc) is 2.95. The molecule has 2 N–H and O–H groups in total. The molecule has 0 aliphatic heterocycles. The highest BCUT2D eigenvalue weighted by molar-refractivity contribution is 5.92. The van der Waals surface area contributed by atoms with Crippen molar-refractivity contribution in [3.63, 3.8) is 0 Å². The number of nitrogens with one attached hydrogen (secondary N) is 2. The minimum absolute atomic E-state index is 0.103. The SMILES string of the molecule is CC1(C)CC(=O)CC1C(=O)N[C@H](C=O)Cc1cnc[nH]1. The number of aromatic nitrogens is 2. The van der Waals surface area contributed by atoms with Gasteiger partial charge in [-0.25, -0.2) is 4.98 Å².